The van der Waals surface area contributed by atoms with Crippen molar-refractivity contribution in [1.82, 2.24) is 0 Å². The van der Waals surface area contributed by atoms with Gasteiger partial charge in [0.1, 0.15) is 11.5 Å². The topological polar surface area (TPSA) is 40.5 Å². The lowest BCUT2D eigenvalue weighted by molar-refractivity contribution is 0.452. The predicted molar refractivity (Wildman–Crippen MR) is 67.0 cm³/mol. The Kier molecular flexibility index (Phi) is 4.67. The van der Waals surface area contributed by atoms with Crippen LogP contribution in [0.5, 0.6) is 11.5 Å². The standard InChI is InChI=1S/C12H10O2.CH3Cl/c13-10-6-7-11(12(14)8-10)9-4-2-1-3-5-9;1-2/h1-8,13-14H;1H3. The first kappa shape index (κ1) is 12.4. The summed E-state index contributed by atoms with van der Waals surface area (Å²) in [5, 5.41) is 18.7. The van der Waals surface area contributed by atoms with E-state index in [0.717, 1.165) is 11.1 Å². The Hall–Kier alpha value is -1.67. The Morgan fingerprint density at radius 1 is 0.875 bits per heavy atom. The maximum absolute atomic E-state index is 9.58. The molecule has 2 N–H and O–H groups in total. The van der Waals surface area contributed by atoms with Crippen molar-refractivity contribution in [1.29, 1.82) is 0 Å². The number of aromatic hydroxyl groups is 2. The highest BCUT2D eigenvalue weighted by molar-refractivity contribution is 6.15. The third kappa shape index (κ3) is 2.91. The van der Waals surface area contributed by atoms with E-state index in [2.05, 4.69) is 11.6 Å². The minimum absolute atomic E-state index is 0.0715. The molecule has 0 saturated heterocycles. The van der Waals surface area contributed by atoms with Crippen molar-refractivity contribution in [3.05, 3.63) is 48.5 Å². The van der Waals surface area contributed by atoms with Crippen molar-refractivity contribution in [2.75, 3.05) is 6.38 Å². The lowest BCUT2D eigenvalue weighted by Gasteiger charge is -2.04. The van der Waals surface area contributed by atoms with Crippen LogP contribution < -0.4 is 0 Å². The van der Waals surface area contributed by atoms with Gasteiger partial charge in [-0.3, -0.25) is 0 Å². The van der Waals surface area contributed by atoms with Crippen molar-refractivity contribution in [3.63, 3.8) is 0 Å². The van der Waals surface area contributed by atoms with Crippen LogP contribution in [0, 0.1) is 0 Å². The second-order valence-electron chi connectivity index (χ2n) is 3.07. The van der Waals surface area contributed by atoms with Crippen LogP contribution in [-0.4, -0.2) is 16.6 Å². The summed E-state index contributed by atoms with van der Waals surface area (Å²) in [6.45, 7) is 0. The van der Waals surface area contributed by atoms with E-state index >= 15 is 0 Å². The molecular formula is C13H13ClO2. The molecule has 2 aromatic rings. The van der Waals surface area contributed by atoms with Gasteiger partial charge >= 0.3 is 0 Å². The number of phenolic OH excluding ortho intramolecular Hbond substituents is 2. The summed E-state index contributed by atoms with van der Waals surface area (Å²) in [6, 6.07) is 14.1. The van der Waals surface area contributed by atoms with E-state index in [1.165, 1.54) is 12.4 Å². The van der Waals surface area contributed by atoms with E-state index in [4.69, 9.17) is 5.11 Å². The minimum Gasteiger partial charge on any atom is -0.508 e. The monoisotopic (exact) mass is 236 g/mol. The third-order valence-electron chi connectivity index (χ3n) is 2.07. The van der Waals surface area contributed by atoms with Crippen LogP contribution in [0.25, 0.3) is 11.1 Å². The highest BCUT2D eigenvalue weighted by atomic mass is 35.5. The van der Waals surface area contributed by atoms with Gasteiger partial charge in [0.2, 0.25) is 0 Å². The molecule has 0 radical (unpaired) electrons. The van der Waals surface area contributed by atoms with E-state index in [-0.39, 0.29) is 11.5 Å². The van der Waals surface area contributed by atoms with Crippen LogP contribution in [0.3, 0.4) is 0 Å². The van der Waals surface area contributed by atoms with Crippen molar-refractivity contribution in [2.24, 2.45) is 0 Å². The van der Waals surface area contributed by atoms with Crippen LogP contribution in [-0.2, 0) is 0 Å². The van der Waals surface area contributed by atoms with Gasteiger partial charge in [0.25, 0.3) is 0 Å². The van der Waals surface area contributed by atoms with Gasteiger partial charge in [-0.15, -0.1) is 11.6 Å². The molecule has 16 heavy (non-hydrogen) atoms. The van der Waals surface area contributed by atoms with Crippen molar-refractivity contribution in [2.45, 2.75) is 0 Å². The Bertz CT molecular complexity index is 441. The van der Waals surface area contributed by atoms with Crippen LogP contribution in [0.15, 0.2) is 48.5 Å². The van der Waals surface area contributed by atoms with Gasteiger partial charge in [-0.25, -0.2) is 0 Å². The fourth-order valence-corrected chi connectivity index (χ4v) is 1.38. The number of benzene rings is 2. The summed E-state index contributed by atoms with van der Waals surface area (Å²) < 4.78 is 0. The van der Waals surface area contributed by atoms with Crippen molar-refractivity contribution in [3.8, 4) is 22.6 Å². The molecule has 2 aromatic carbocycles. The molecule has 0 aliphatic heterocycles. The molecule has 0 fully saturated rings. The molecule has 0 saturated carbocycles. The summed E-state index contributed by atoms with van der Waals surface area (Å²) in [7, 11) is 0. The lowest BCUT2D eigenvalue weighted by atomic mass is 10.0. The van der Waals surface area contributed by atoms with Gasteiger partial charge in [0.15, 0.2) is 0 Å². The molecule has 2 nitrogen and oxygen atoms in total. The van der Waals surface area contributed by atoms with E-state index < -0.39 is 0 Å². The maximum atomic E-state index is 9.58. The van der Waals surface area contributed by atoms with Crippen LogP contribution in [0.4, 0.5) is 0 Å². The SMILES string of the molecule is CCl.Oc1ccc(-c2ccccc2)c(O)c1. The number of alkyl halides is 1. The average Bonchev–Trinajstić information content (AvgIpc) is 2.33. The first-order valence-corrected chi connectivity index (χ1v) is 5.48. The molecule has 0 spiro atoms. The fourth-order valence-electron chi connectivity index (χ4n) is 1.38. The highest BCUT2D eigenvalue weighted by Crippen LogP contribution is 2.31. The number of phenols is 2. The molecule has 0 bridgehead atoms. The maximum Gasteiger partial charge on any atom is 0.127 e. The Balaban J connectivity index is 0.000000606. The molecule has 3 heteroatoms. The Labute approximate surface area is 99.8 Å². The quantitative estimate of drug-likeness (QED) is 0.743. The summed E-state index contributed by atoms with van der Waals surface area (Å²) in [6.07, 6.45) is 1.47. The zero-order chi connectivity index (χ0) is 12.0. The zero-order valence-corrected chi connectivity index (χ0v) is 9.65. The largest absolute Gasteiger partial charge is 0.508 e. The normalized spacial score (nSPS) is 9.12. The number of hydrogen-bond acceptors (Lipinski definition) is 2. The molecule has 0 aliphatic carbocycles. The molecule has 84 valence electrons. The molecule has 0 aromatic heterocycles. The average molecular weight is 237 g/mol. The molecule has 0 heterocycles. The predicted octanol–water partition coefficient (Wildman–Crippen LogP) is 3.62. The third-order valence-corrected chi connectivity index (χ3v) is 2.07. The Morgan fingerprint density at radius 3 is 2.06 bits per heavy atom. The molecule has 2 rings (SSSR count). The minimum atomic E-state index is 0.0715. The summed E-state index contributed by atoms with van der Waals surface area (Å²) in [5.41, 5.74) is 1.66. The van der Waals surface area contributed by atoms with E-state index in [1.54, 1.807) is 12.1 Å². The van der Waals surface area contributed by atoms with Gasteiger partial charge in [-0.1, -0.05) is 30.3 Å². The molecule has 0 aliphatic rings. The van der Waals surface area contributed by atoms with Crippen molar-refractivity contribution < 1.29 is 10.2 Å². The summed E-state index contributed by atoms with van der Waals surface area (Å²) in [4.78, 5) is 0. The van der Waals surface area contributed by atoms with E-state index in [1.807, 2.05) is 30.3 Å². The molecule has 0 atom stereocenters. The zero-order valence-electron chi connectivity index (χ0n) is 8.89. The van der Waals surface area contributed by atoms with Gasteiger partial charge in [0, 0.05) is 18.0 Å². The number of rotatable bonds is 1. The molecule has 0 unspecified atom stereocenters. The smallest absolute Gasteiger partial charge is 0.127 e. The van der Waals surface area contributed by atoms with Crippen molar-refractivity contribution >= 4 is 11.6 Å². The summed E-state index contributed by atoms with van der Waals surface area (Å²) >= 11 is 4.64. The van der Waals surface area contributed by atoms with Gasteiger partial charge in [-0.2, -0.15) is 0 Å². The fraction of sp³-hybridized carbons (Fsp3) is 0.0769. The molecular weight excluding hydrogens is 224 g/mol. The van der Waals surface area contributed by atoms with Gasteiger partial charge < -0.3 is 10.2 Å². The van der Waals surface area contributed by atoms with Gasteiger partial charge in [-0.05, 0) is 17.7 Å². The van der Waals surface area contributed by atoms with E-state index in [9.17, 15) is 5.11 Å². The van der Waals surface area contributed by atoms with Gasteiger partial charge in [0.05, 0.1) is 0 Å². The first-order chi connectivity index (χ1) is 7.77. The van der Waals surface area contributed by atoms with E-state index in [0.29, 0.717) is 0 Å². The Morgan fingerprint density at radius 2 is 1.50 bits per heavy atom. The second-order valence-corrected chi connectivity index (χ2v) is 3.07. The molecule has 0 amide bonds. The summed E-state index contributed by atoms with van der Waals surface area (Å²) in [5.74, 6) is 0.165. The van der Waals surface area contributed by atoms with Crippen LogP contribution >= 0.6 is 11.6 Å². The number of hydrogen-bond donors (Lipinski definition) is 2. The van der Waals surface area contributed by atoms with Crippen LogP contribution in [0.1, 0.15) is 0 Å². The first-order valence-electron chi connectivity index (χ1n) is 4.72. The lowest BCUT2D eigenvalue weighted by Crippen LogP contribution is -1.77. The van der Waals surface area contributed by atoms with Crippen LogP contribution in [0.2, 0.25) is 0 Å². The number of halogens is 1. The highest BCUT2D eigenvalue weighted by Gasteiger charge is 2.03. The second kappa shape index (κ2) is 6.03.